The van der Waals surface area contributed by atoms with Crippen LogP contribution in [-0.4, -0.2) is 74.8 Å². The van der Waals surface area contributed by atoms with E-state index in [1.807, 2.05) is 7.98 Å². The van der Waals surface area contributed by atoms with Gasteiger partial charge in [-0.05, 0) is 83.0 Å². The fourth-order valence-corrected chi connectivity index (χ4v) is 4.28. The topological polar surface area (TPSA) is 210 Å². The number of hydrogen-bond donors (Lipinski definition) is 7. The Morgan fingerprint density at radius 2 is 1.43 bits per heavy atom. The maximum Gasteiger partial charge on any atom is 0.312 e. The van der Waals surface area contributed by atoms with Crippen LogP contribution < -0.4 is 37.5 Å². The zero-order valence-corrected chi connectivity index (χ0v) is 28.2. The van der Waals surface area contributed by atoms with E-state index in [4.69, 9.17) is 10.5 Å². The standard InChI is InChI=1S/C31H52BN7O7/c1-19(2)25(39-27(42)23(36-20(3)40)10-7-8-17-35-32)28(43)38-24(11-9-16-34-30(33)45)26(41)37-22-14-12-21(13-15-22)18-46-29(44)31(4,5)6/h12-15,19,23-25,35H,7-11,16-18,32H2,1-6H3,(H,36,40)(H,37,41)(H,38,43)(H,39,42)(H3,33,34,45)/t23-,24-,25?/m0/s1. The first kappa shape index (κ1) is 39.9. The molecule has 0 aliphatic carbocycles. The molecule has 14 nitrogen and oxygen atoms in total. The average molecular weight is 646 g/mol. The number of carbonyl (C=O) groups excluding carboxylic acids is 6. The minimum Gasteiger partial charge on any atom is -0.460 e. The molecule has 0 bridgehead atoms. The van der Waals surface area contributed by atoms with Crippen LogP contribution >= 0.6 is 0 Å². The van der Waals surface area contributed by atoms with Crippen LogP contribution in [0.4, 0.5) is 10.5 Å². The molecule has 0 aliphatic heterocycles. The summed E-state index contributed by atoms with van der Waals surface area (Å²) in [6.07, 6.45) is 2.38. The Bertz CT molecular complexity index is 1170. The lowest BCUT2D eigenvalue weighted by molar-refractivity contribution is -0.154. The van der Waals surface area contributed by atoms with Crippen LogP contribution in [0, 0.1) is 11.3 Å². The van der Waals surface area contributed by atoms with E-state index in [1.54, 1.807) is 58.9 Å². The number of ether oxygens (including phenoxy) is 1. The molecule has 0 aliphatic rings. The van der Waals surface area contributed by atoms with Gasteiger partial charge in [-0.15, -0.1) is 0 Å². The van der Waals surface area contributed by atoms with E-state index in [9.17, 15) is 28.8 Å². The van der Waals surface area contributed by atoms with Crippen LogP contribution in [0.25, 0.3) is 0 Å². The van der Waals surface area contributed by atoms with E-state index in [-0.39, 0.29) is 37.4 Å². The van der Waals surface area contributed by atoms with Crippen LogP contribution in [0.1, 0.15) is 79.2 Å². The van der Waals surface area contributed by atoms with Crippen molar-refractivity contribution in [1.82, 2.24) is 26.5 Å². The molecule has 1 aromatic rings. The molecule has 0 aromatic heterocycles. The normalized spacial score (nSPS) is 13.1. The molecular weight excluding hydrogens is 593 g/mol. The summed E-state index contributed by atoms with van der Waals surface area (Å²) in [7, 11) is 1.83. The van der Waals surface area contributed by atoms with Gasteiger partial charge in [0.15, 0.2) is 7.98 Å². The van der Waals surface area contributed by atoms with E-state index < -0.39 is 47.3 Å². The van der Waals surface area contributed by atoms with Crippen LogP contribution in [0.5, 0.6) is 0 Å². The quantitative estimate of drug-likeness (QED) is 0.0642. The number of nitrogens with one attached hydrogen (secondary N) is 6. The monoisotopic (exact) mass is 645 g/mol. The highest BCUT2D eigenvalue weighted by atomic mass is 16.5. The van der Waals surface area contributed by atoms with E-state index in [0.717, 1.165) is 18.5 Å². The molecule has 8 N–H and O–H groups in total. The summed E-state index contributed by atoms with van der Waals surface area (Å²) in [4.78, 5) is 75.0. The molecule has 256 valence electrons. The molecule has 0 fully saturated rings. The molecule has 0 spiro atoms. The molecular formula is C31H52BN7O7. The summed E-state index contributed by atoms with van der Waals surface area (Å²) in [6, 6.07) is 3.21. The van der Waals surface area contributed by atoms with Gasteiger partial charge in [0.05, 0.1) is 5.41 Å². The first-order valence-corrected chi connectivity index (χ1v) is 15.7. The molecule has 1 unspecified atom stereocenters. The number of primary amides is 1. The van der Waals surface area contributed by atoms with E-state index >= 15 is 0 Å². The maximum absolute atomic E-state index is 13.5. The Kier molecular flexibility index (Phi) is 17.4. The van der Waals surface area contributed by atoms with Gasteiger partial charge in [-0.2, -0.15) is 0 Å². The molecule has 0 heterocycles. The molecule has 0 saturated heterocycles. The number of hydrogen-bond acceptors (Lipinski definition) is 8. The molecule has 3 atom stereocenters. The van der Waals surface area contributed by atoms with Crippen molar-refractivity contribution in [2.24, 2.45) is 17.1 Å². The number of carbonyl (C=O) groups is 6. The zero-order valence-electron chi connectivity index (χ0n) is 28.2. The highest BCUT2D eigenvalue weighted by molar-refractivity contribution is 6.04. The summed E-state index contributed by atoms with van der Waals surface area (Å²) in [5, 5.41) is 16.4. The van der Waals surface area contributed by atoms with Gasteiger partial charge in [0.2, 0.25) is 23.6 Å². The third kappa shape index (κ3) is 15.7. The van der Waals surface area contributed by atoms with Gasteiger partial charge in [0.1, 0.15) is 24.7 Å². The number of rotatable bonds is 19. The molecule has 0 saturated carbocycles. The molecule has 1 aromatic carbocycles. The van der Waals surface area contributed by atoms with Crippen LogP contribution in [-0.2, 0) is 35.3 Å². The lowest BCUT2D eigenvalue weighted by Gasteiger charge is -2.27. The van der Waals surface area contributed by atoms with E-state index in [2.05, 4.69) is 31.8 Å². The highest BCUT2D eigenvalue weighted by Gasteiger charge is 2.31. The second-order valence-electron chi connectivity index (χ2n) is 12.6. The lowest BCUT2D eigenvalue weighted by atomic mass is 9.97. The van der Waals surface area contributed by atoms with Gasteiger partial charge in [-0.1, -0.05) is 26.0 Å². The van der Waals surface area contributed by atoms with Crippen molar-refractivity contribution in [3.8, 4) is 0 Å². The van der Waals surface area contributed by atoms with Gasteiger partial charge in [-0.3, -0.25) is 24.0 Å². The first-order valence-electron chi connectivity index (χ1n) is 15.7. The number of unbranched alkanes of at least 4 members (excludes halogenated alkanes) is 1. The van der Waals surface area contributed by atoms with Crippen molar-refractivity contribution < 1.29 is 33.5 Å². The van der Waals surface area contributed by atoms with Gasteiger partial charge in [-0.25, -0.2) is 4.79 Å². The number of nitrogens with two attached hydrogens (primary N) is 1. The Balaban J connectivity index is 3.01. The third-order valence-corrected chi connectivity index (χ3v) is 6.92. The number of esters is 1. The fourth-order valence-electron chi connectivity index (χ4n) is 4.28. The Morgan fingerprint density at radius 3 is 1.98 bits per heavy atom. The minimum absolute atomic E-state index is 0.0803. The van der Waals surface area contributed by atoms with E-state index in [0.29, 0.717) is 24.9 Å². The lowest BCUT2D eigenvalue weighted by Crippen LogP contribution is -2.57. The summed E-state index contributed by atoms with van der Waals surface area (Å²) in [5.41, 5.74) is 5.70. The first-order chi connectivity index (χ1) is 21.5. The minimum atomic E-state index is -1.01. The molecule has 6 amide bonds. The van der Waals surface area contributed by atoms with Gasteiger partial charge >= 0.3 is 12.0 Å². The second-order valence-corrected chi connectivity index (χ2v) is 12.6. The third-order valence-electron chi connectivity index (χ3n) is 6.92. The summed E-state index contributed by atoms with van der Waals surface area (Å²) in [5.74, 6) is -2.60. The van der Waals surface area contributed by atoms with Crippen molar-refractivity contribution in [2.75, 3.05) is 18.4 Å². The van der Waals surface area contributed by atoms with Crippen LogP contribution in [0.2, 0.25) is 0 Å². The maximum atomic E-state index is 13.5. The number of urea groups is 1. The van der Waals surface area contributed by atoms with Crippen molar-refractivity contribution in [3.05, 3.63) is 29.8 Å². The SMILES string of the molecule is BNCCCC[C@H](NC(C)=O)C(=O)NC(C(=O)N[C@@H](CCCNC(N)=O)C(=O)Nc1ccc(COC(=O)C(C)(C)C)cc1)C(C)C. The van der Waals surface area contributed by atoms with Crippen molar-refractivity contribution in [2.45, 2.75) is 98.4 Å². The molecule has 1 rings (SSSR count). The number of anilines is 1. The van der Waals surface area contributed by atoms with Gasteiger partial charge in [0.25, 0.3) is 0 Å². The Labute approximate surface area is 272 Å². The average Bonchev–Trinajstić information content (AvgIpc) is 2.97. The number of amides is 6. The summed E-state index contributed by atoms with van der Waals surface area (Å²) in [6.45, 7) is 11.2. The number of benzene rings is 1. The summed E-state index contributed by atoms with van der Waals surface area (Å²) >= 11 is 0. The highest BCUT2D eigenvalue weighted by Crippen LogP contribution is 2.18. The molecule has 0 radical (unpaired) electrons. The Hall–Kier alpha value is -4.14. The van der Waals surface area contributed by atoms with Crippen LogP contribution in [0.3, 0.4) is 0 Å². The molecule has 15 heteroatoms. The largest absolute Gasteiger partial charge is 0.460 e. The predicted molar refractivity (Wildman–Crippen MR) is 178 cm³/mol. The van der Waals surface area contributed by atoms with Crippen LogP contribution in [0.15, 0.2) is 24.3 Å². The zero-order chi connectivity index (χ0) is 34.9. The van der Waals surface area contributed by atoms with Gasteiger partial charge in [0, 0.05) is 19.2 Å². The van der Waals surface area contributed by atoms with Crippen molar-refractivity contribution in [1.29, 1.82) is 0 Å². The molecule has 46 heavy (non-hydrogen) atoms. The summed E-state index contributed by atoms with van der Waals surface area (Å²) < 4.78 is 5.33. The second kappa shape index (κ2) is 20.1. The predicted octanol–water partition coefficient (Wildman–Crippen LogP) is 0.601. The fraction of sp³-hybridized carbons (Fsp3) is 0.613. The van der Waals surface area contributed by atoms with Crippen molar-refractivity contribution in [3.63, 3.8) is 0 Å². The smallest absolute Gasteiger partial charge is 0.312 e. The van der Waals surface area contributed by atoms with Gasteiger partial charge < -0.3 is 42.3 Å². The van der Waals surface area contributed by atoms with E-state index in [1.165, 1.54) is 6.92 Å². The Morgan fingerprint density at radius 1 is 0.826 bits per heavy atom. The van der Waals surface area contributed by atoms with Crippen molar-refractivity contribution >= 4 is 49.3 Å².